The molecular weight excluding hydrogens is 368 g/mol. The SMILES string of the molecule is C=CCNC(=O)CN1CCN(C(=O)c2cccn(Cc3ccccc3)c2=O)CC1. The molecule has 1 saturated heterocycles. The predicted molar refractivity (Wildman–Crippen MR) is 112 cm³/mol. The number of nitrogens with zero attached hydrogens (tertiary/aromatic N) is 3. The fourth-order valence-corrected chi connectivity index (χ4v) is 3.33. The summed E-state index contributed by atoms with van der Waals surface area (Å²) in [6.07, 6.45) is 3.34. The van der Waals surface area contributed by atoms with Gasteiger partial charge in [-0.15, -0.1) is 6.58 Å². The van der Waals surface area contributed by atoms with Gasteiger partial charge in [-0.25, -0.2) is 0 Å². The van der Waals surface area contributed by atoms with Crippen LogP contribution in [0.4, 0.5) is 0 Å². The van der Waals surface area contributed by atoms with E-state index in [2.05, 4.69) is 11.9 Å². The molecule has 0 atom stereocenters. The van der Waals surface area contributed by atoms with Gasteiger partial charge in [0.05, 0.1) is 13.1 Å². The molecule has 1 N–H and O–H groups in total. The Balaban J connectivity index is 1.61. The number of carbonyl (C=O) groups excluding carboxylic acids is 2. The van der Waals surface area contributed by atoms with E-state index in [1.54, 1.807) is 33.9 Å². The molecule has 1 aliphatic heterocycles. The third-order valence-electron chi connectivity index (χ3n) is 4.92. The minimum Gasteiger partial charge on any atom is -0.352 e. The Morgan fingerprint density at radius 1 is 1.03 bits per heavy atom. The number of benzene rings is 1. The molecule has 7 nitrogen and oxygen atoms in total. The molecule has 0 radical (unpaired) electrons. The highest BCUT2D eigenvalue weighted by Gasteiger charge is 2.25. The van der Waals surface area contributed by atoms with E-state index >= 15 is 0 Å². The zero-order chi connectivity index (χ0) is 20.6. The fourth-order valence-electron chi connectivity index (χ4n) is 3.33. The number of aromatic nitrogens is 1. The molecule has 0 spiro atoms. The van der Waals surface area contributed by atoms with Crippen LogP contribution in [0.3, 0.4) is 0 Å². The van der Waals surface area contributed by atoms with Crippen molar-refractivity contribution in [3.63, 3.8) is 0 Å². The van der Waals surface area contributed by atoms with E-state index in [9.17, 15) is 14.4 Å². The molecule has 2 aromatic rings. The third kappa shape index (κ3) is 5.42. The fraction of sp³-hybridized carbons (Fsp3) is 0.318. The molecule has 2 heterocycles. The highest BCUT2D eigenvalue weighted by Crippen LogP contribution is 2.07. The lowest BCUT2D eigenvalue weighted by molar-refractivity contribution is -0.122. The van der Waals surface area contributed by atoms with Crippen LogP contribution in [-0.4, -0.2) is 65.4 Å². The maximum absolute atomic E-state index is 12.9. The van der Waals surface area contributed by atoms with Crippen molar-refractivity contribution < 1.29 is 9.59 Å². The summed E-state index contributed by atoms with van der Waals surface area (Å²) in [6, 6.07) is 13.0. The third-order valence-corrected chi connectivity index (χ3v) is 4.92. The van der Waals surface area contributed by atoms with E-state index in [0.717, 1.165) is 5.56 Å². The Bertz CT molecular complexity index is 915. The van der Waals surface area contributed by atoms with Crippen LogP contribution in [0.2, 0.25) is 0 Å². The standard InChI is InChI=1S/C22H26N4O3/c1-2-10-23-20(27)17-24-12-14-25(15-13-24)21(28)19-9-6-11-26(22(19)29)16-18-7-4-3-5-8-18/h2-9,11H,1,10,12-17H2,(H,23,27). The Morgan fingerprint density at radius 2 is 1.76 bits per heavy atom. The number of pyridine rings is 1. The molecule has 0 bridgehead atoms. The van der Waals surface area contributed by atoms with Crippen LogP contribution in [0.25, 0.3) is 0 Å². The zero-order valence-electron chi connectivity index (χ0n) is 16.4. The van der Waals surface area contributed by atoms with Crippen molar-refractivity contribution in [2.24, 2.45) is 0 Å². The van der Waals surface area contributed by atoms with Crippen LogP contribution in [0.5, 0.6) is 0 Å². The lowest BCUT2D eigenvalue weighted by Crippen LogP contribution is -2.51. The van der Waals surface area contributed by atoms with Crippen molar-refractivity contribution in [3.8, 4) is 0 Å². The van der Waals surface area contributed by atoms with Gasteiger partial charge in [0, 0.05) is 38.9 Å². The largest absolute Gasteiger partial charge is 0.352 e. The van der Waals surface area contributed by atoms with E-state index in [1.165, 1.54) is 0 Å². The van der Waals surface area contributed by atoms with Crippen molar-refractivity contribution >= 4 is 11.8 Å². The first-order valence-electron chi connectivity index (χ1n) is 9.71. The molecule has 1 aliphatic rings. The van der Waals surface area contributed by atoms with E-state index in [0.29, 0.717) is 45.8 Å². The quantitative estimate of drug-likeness (QED) is 0.710. The first-order valence-corrected chi connectivity index (χ1v) is 9.71. The van der Waals surface area contributed by atoms with Crippen LogP contribution >= 0.6 is 0 Å². The molecule has 1 aromatic heterocycles. The van der Waals surface area contributed by atoms with E-state index in [-0.39, 0.29) is 22.9 Å². The summed E-state index contributed by atoms with van der Waals surface area (Å²) in [5.41, 5.74) is 0.899. The van der Waals surface area contributed by atoms with Crippen molar-refractivity contribution in [1.82, 2.24) is 19.7 Å². The van der Waals surface area contributed by atoms with Gasteiger partial charge in [0.15, 0.2) is 0 Å². The first-order chi connectivity index (χ1) is 14.1. The van der Waals surface area contributed by atoms with Crippen molar-refractivity contribution in [2.75, 3.05) is 39.3 Å². The molecule has 152 valence electrons. The molecule has 7 heteroatoms. The van der Waals surface area contributed by atoms with Crippen molar-refractivity contribution in [3.05, 3.63) is 82.8 Å². The molecule has 2 amide bonds. The smallest absolute Gasteiger partial charge is 0.263 e. The number of carbonyl (C=O) groups is 2. The molecule has 1 fully saturated rings. The van der Waals surface area contributed by atoms with Crippen molar-refractivity contribution in [2.45, 2.75) is 6.54 Å². The summed E-state index contributed by atoms with van der Waals surface area (Å²) in [5.74, 6) is -0.315. The molecular formula is C22H26N4O3. The Morgan fingerprint density at radius 3 is 2.45 bits per heavy atom. The summed E-state index contributed by atoms with van der Waals surface area (Å²) in [6.45, 7) is 6.91. The number of rotatable bonds is 7. The minimum absolute atomic E-state index is 0.0588. The topological polar surface area (TPSA) is 74.7 Å². The van der Waals surface area contributed by atoms with Gasteiger partial charge in [0.1, 0.15) is 5.56 Å². The van der Waals surface area contributed by atoms with Gasteiger partial charge in [-0.2, -0.15) is 0 Å². The molecule has 29 heavy (non-hydrogen) atoms. The van der Waals surface area contributed by atoms with Gasteiger partial charge in [0.2, 0.25) is 5.91 Å². The second kappa shape index (κ2) is 9.84. The summed E-state index contributed by atoms with van der Waals surface area (Å²) in [4.78, 5) is 41.2. The highest BCUT2D eigenvalue weighted by atomic mass is 16.2. The van der Waals surface area contributed by atoms with Crippen LogP contribution in [0, 0.1) is 0 Å². The van der Waals surface area contributed by atoms with Gasteiger partial charge in [-0.05, 0) is 17.7 Å². The number of hydrogen-bond donors (Lipinski definition) is 1. The lowest BCUT2D eigenvalue weighted by atomic mass is 10.2. The maximum Gasteiger partial charge on any atom is 0.263 e. The zero-order valence-corrected chi connectivity index (χ0v) is 16.4. The van der Waals surface area contributed by atoms with Crippen LogP contribution in [0.15, 0.2) is 66.1 Å². The normalized spacial score (nSPS) is 14.4. The number of amides is 2. The van der Waals surface area contributed by atoms with Crippen LogP contribution < -0.4 is 10.9 Å². The highest BCUT2D eigenvalue weighted by molar-refractivity contribution is 5.94. The lowest BCUT2D eigenvalue weighted by Gasteiger charge is -2.34. The number of piperazine rings is 1. The first kappa shape index (κ1) is 20.5. The van der Waals surface area contributed by atoms with Crippen molar-refractivity contribution in [1.29, 1.82) is 0 Å². The molecule has 0 unspecified atom stereocenters. The average Bonchev–Trinajstić information content (AvgIpc) is 2.74. The van der Waals surface area contributed by atoms with Gasteiger partial charge in [-0.3, -0.25) is 19.3 Å². The van der Waals surface area contributed by atoms with E-state index in [4.69, 9.17) is 0 Å². The summed E-state index contributed by atoms with van der Waals surface area (Å²) in [7, 11) is 0. The molecule has 0 saturated carbocycles. The van der Waals surface area contributed by atoms with E-state index < -0.39 is 0 Å². The van der Waals surface area contributed by atoms with Gasteiger partial charge < -0.3 is 14.8 Å². The minimum atomic E-state index is -0.285. The Kier molecular flexibility index (Phi) is 6.97. The predicted octanol–water partition coefficient (Wildman–Crippen LogP) is 0.957. The Hall–Kier alpha value is -3.19. The monoisotopic (exact) mass is 394 g/mol. The van der Waals surface area contributed by atoms with Crippen LogP contribution in [-0.2, 0) is 11.3 Å². The summed E-state index contributed by atoms with van der Waals surface area (Å²) in [5, 5.41) is 2.75. The second-order valence-electron chi connectivity index (χ2n) is 7.00. The van der Waals surface area contributed by atoms with Gasteiger partial charge >= 0.3 is 0 Å². The average molecular weight is 394 g/mol. The molecule has 3 rings (SSSR count). The van der Waals surface area contributed by atoms with E-state index in [1.807, 2.05) is 35.2 Å². The summed E-state index contributed by atoms with van der Waals surface area (Å²) >= 11 is 0. The van der Waals surface area contributed by atoms with Crippen LogP contribution in [0.1, 0.15) is 15.9 Å². The van der Waals surface area contributed by atoms with Gasteiger partial charge in [0.25, 0.3) is 11.5 Å². The van der Waals surface area contributed by atoms with Gasteiger partial charge in [-0.1, -0.05) is 36.4 Å². The number of hydrogen-bond acceptors (Lipinski definition) is 4. The number of nitrogens with one attached hydrogen (secondary N) is 1. The summed E-state index contributed by atoms with van der Waals surface area (Å²) < 4.78 is 1.56. The molecule has 1 aromatic carbocycles. The Labute approximate surface area is 170 Å². The second-order valence-corrected chi connectivity index (χ2v) is 7.00. The maximum atomic E-state index is 12.9. The molecule has 0 aliphatic carbocycles.